The van der Waals surface area contributed by atoms with Crippen LogP contribution in [-0.4, -0.2) is 27.9 Å². The molecule has 0 spiro atoms. The van der Waals surface area contributed by atoms with Gasteiger partial charge in [-0.05, 0) is 44.4 Å². The summed E-state index contributed by atoms with van der Waals surface area (Å²) in [5.41, 5.74) is 3.05. The van der Waals surface area contributed by atoms with E-state index in [0.29, 0.717) is 0 Å². The van der Waals surface area contributed by atoms with Crippen LogP contribution in [0.15, 0.2) is 22.5 Å². The molecule has 0 unspecified atom stereocenters. The Morgan fingerprint density at radius 2 is 2.13 bits per heavy atom. The highest BCUT2D eigenvalue weighted by atomic mass is 32.2. The van der Waals surface area contributed by atoms with Gasteiger partial charge in [0.2, 0.25) is 11.0 Å². The number of hydrogen-bond donors (Lipinski definition) is 2. The molecule has 0 aliphatic carbocycles. The normalized spacial score (nSPS) is 12.0. The van der Waals surface area contributed by atoms with Gasteiger partial charge in [-0.25, -0.2) is 0 Å². The van der Waals surface area contributed by atoms with E-state index in [0.717, 1.165) is 39.3 Å². The third kappa shape index (κ3) is 5.21. The van der Waals surface area contributed by atoms with Crippen molar-refractivity contribution in [1.29, 1.82) is 0 Å². The van der Waals surface area contributed by atoms with Crippen LogP contribution in [0.3, 0.4) is 0 Å². The number of anilines is 2. The second-order valence-electron chi connectivity index (χ2n) is 5.37. The van der Waals surface area contributed by atoms with E-state index >= 15 is 0 Å². The Morgan fingerprint density at radius 3 is 2.87 bits per heavy atom. The number of rotatable bonds is 7. The summed E-state index contributed by atoms with van der Waals surface area (Å²) in [4.78, 5) is 12.4. The molecule has 1 heterocycles. The number of aromatic nitrogens is 2. The van der Waals surface area contributed by atoms with Crippen LogP contribution in [0, 0.1) is 13.8 Å². The number of amides is 1. The van der Waals surface area contributed by atoms with Gasteiger partial charge in [0.05, 0.1) is 5.25 Å². The van der Waals surface area contributed by atoms with Crippen LogP contribution in [0.5, 0.6) is 0 Å². The Kier molecular flexibility index (Phi) is 6.41. The van der Waals surface area contributed by atoms with Crippen LogP contribution in [0.2, 0.25) is 0 Å². The average molecular weight is 351 g/mol. The quantitative estimate of drug-likeness (QED) is 0.736. The lowest BCUT2D eigenvalue weighted by atomic mass is 10.1. The van der Waals surface area contributed by atoms with E-state index in [-0.39, 0.29) is 11.2 Å². The number of carbonyl (C=O) groups excluding carboxylic acids is 1. The minimum atomic E-state index is -0.234. The fourth-order valence-electron chi connectivity index (χ4n) is 1.87. The molecule has 0 bridgehead atoms. The summed E-state index contributed by atoms with van der Waals surface area (Å²) < 4.78 is 0.798. The summed E-state index contributed by atoms with van der Waals surface area (Å²) in [7, 11) is 0. The van der Waals surface area contributed by atoms with Crippen molar-refractivity contribution >= 4 is 39.8 Å². The maximum absolute atomic E-state index is 12.4. The van der Waals surface area contributed by atoms with Gasteiger partial charge in [0, 0.05) is 12.2 Å². The Hall–Kier alpha value is -1.60. The molecule has 0 aliphatic heterocycles. The average Bonchev–Trinajstić information content (AvgIpc) is 2.96. The van der Waals surface area contributed by atoms with Crippen LogP contribution in [0.4, 0.5) is 10.8 Å². The van der Waals surface area contributed by atoms with Crippen LogP contribution >= 0.6 is 23.1 Å². The topological polar surface area (TPSA) is 66.9 Å². The molecule has 0 radical (unpaired) electrons. The Morgan fingerprint density at radius 1 is 1.35 bits per heavy atom. The van der Waals surface area contributed by atoms with E-state index < -0.39 is 0 Å². The molecule has 0 saturated heterocycles. The van der Waals surface area contributed by atoms with Gasteiger partial charge in [-0.15, -0.1) is 10.2 Å². The minimum absolute atomic E-state index is 0.0260. The molecule has 2 rings (SSSR count). The SMILES string of the molecule is CCCNc1nnc(S[C@H](C)C(=O)Nc2cc(C)ccc2C)s1. The van der Waals surface area contributed by atoms with Gasteiger partial charge in [0.25, 0.3) is 0 Å². The predicted molar refractivity (Wildman–Crippen MR) is 98.6 cm³/mol. The van der Waals surface area contributed by atoms with Crippen LogP contribution in [0.25, 0.3) is 0 Å². The van der Waals surface area contributed by atoms with Crippen LogP contribution in [0.1, 0.15) is 31.4 Å². The monoisotopic (exact) mass is 350 g/mol. The highest BCUT2D eigenvalue weighted by Crippen LogP contribution is 2.29. The molecule has 124 valence electrons. The van der Waals surface area contributed by atoms with Gasteiger partial charge in [-0.1, -0.05) is 42.2 Å². The zero-order valence-electron chi connectivity index (χ0n) is 13.8. The van der Waals surface area contributed by atoms with E-state index in [1.165, 1.54) is 23.1 Å². The third-order valence-corrected chi connectivity index (χ3v) is 5.30. The van der Waals surface area contributed by atoms with Crippen molar-refractivity contribution in [2.24, 2.45) is 0 Å². The van der Waals surface area contributed by atoms with Crippen molar-refractivity contribution in [1.82, 2.24) is 10.2 Å². The lowest BCUT2D eigenvalue weighted by Crippen LogP contribution is -2.22. The van der Waals surface area contributed by atoms with Crippen molar-refractivity contribution in [2.75, 3.05) is 17.2 Å². The first-order valence-corrected chi connectivity index (χ1v) is 9.31. The van der Waals surface area contributed by atoms with E-state index in [1.54, 1.807) is 0 Å². The fourth-order valence-corrected chi connectivity index (χ4v) is 3.79. The summed E-state index contributed by atoms with van der Waals surface area (Å²) in [5.74, 6) is -0.0260. The Labute approximate surface area is 145 Å². The lowest BCUT2D eigenvalue weighted by molar-refractivity contribution is -0.115. The molecule has 5 nitrogen and oxygen atoms in total. The molecule has 0 aliphatic rings. The standard InChI is InChI=1S/C16H22N4OS2/c1-5-8-17-15-19-20-16(23-15)22-12(4)14(21)18-13-9-10(2)6-7-11(13)3/h6-7,9,12H,5,8H2,1-4H3,(H,17,19)(H,18,21)/t12-/m1/s1. The van der Waals surface area contributed by atoms with Gasteiger partial charge >= 0.3 is 0 Å². The molecule has 1 aromatic heterocycles. The molecule has 1 atom stereocenters. The number of nitrogens with one attached hydrogen (secondary N) is 2. The zero-order valence-corrected chi connectivity index (χ0v) is 15.5. The molecular weight excluding hydrogens is 328 g/mol. The third-order valence-electron chi connectivity index (χ3n) is 3.23. The van der Waals surface area contributed by atoms with Gasteiger partial charge < -0.3 is 10.6 Å². The van der Waals surface area contributed by atoms with E-state index in [9.17, 15) is 4.79 Å². The summed E-state index contributed by atoms with van der Waals surface area (Å²) in [6, 6.07) is 6.04. The van der Waals surface area contributed by atoms with Crippen LogP contribution in [-0.2, 0) is 4.79 Å². The number of aryl methyl sites for hydroxylation is 2. The highest BCUT2D eigenvalue weighted by Gasteiger charge is 2.18. The van der Waals surface area contributed by atoms with Crippen molar-refractivity contribution < 1.29 is 4.79 Å². The molecule has 2 N–H and O–H groups in total. The first kappa shape index (κ1) is 17.7. The fraction of sp³-hybridized carbons (Fsp3) is 0.438. The molecule has 23 heavy (non-hydrogen) atoms. The summed E-state index contributed by atoms with van der Waals surface area (Å²) in [6.07, 6.45) is 1.04. The summed E-state index contributed by atoms with van der Waals surface area (Å²) >= 11 is 2.91. The number of carbonyl (C=O) groups is 1. The number of thioether (sulfide) groups is 1. The van der Waals surface area contributed by atoms with Crippen molar-refractivity contribution in [2.45, 2.75) is 43.7 Å². The second kappa shape index (κ2) is 8.31. The van der Waals surface area contributed by atoms with Crippen LogP contribution < -0.4 is 10.6 Å². The summed E-state index contributed by atoms with van der Waals surface area (Å²) in [6.45, 7) is 8.86. The smallest absolute Gasteiger partial charge is 0.237 e. The largest absolute Gasteiger partial charge is 0.360 e. The molecule has 0 saturated carbocycles. The van der Waals surface area contributed by atoms with Crippen molar-refractivity contribution in [3.63, 3.8) is 0 Å². The molecule has 7 heteroatoms. The van der Waals surface area contributed by atoms with Crippen molar-refractivity contribution in [3.05, 3.63) is 29.3 Å². The van der Waals surface area contributed by atoms with E-state index in [2.05, 4.69) is 27.8 Å². The molecule has 2 aromatic rings. The number of hydrogen-bond acceptors (Lipinski definition) is 6. The minimum Gasteiger partial charge on any atom is -0.360 e. The van der Waals surface area contributed by atoms with Gasteiger partial charge in [0.15, 0.2) is 4.34 Å². The molecule has 0 fully saturated rings. The zero-order chi connectivity index (χ0) is 16.8. The number of nitrogens with zero attached hydrogens (tertiary/aromatic N) is 2. The first-order valence-electron chi connectivity index (χ1n) is 7.61. The number of benzene rings is 1. The van der Waals surface area contributed by atoms with Crippen molar-refractivity contribution in [3.8, 4) is 0 Å². The first-order chi connectivity index (χ1) is 11.0. The van der Waals surface area contributed by atoms with E-state index in [4.69, 9.17) is 0 Å². The molecular formula is C16H22N4OS2. The molecule has 1 amide bonds. The lowest BCUT2D eigenvalue weighted by Gasteiger charge is -2.12. The predicted octanol–water partition coefficient (Wildman–Crippen LogP) is 4.10. The van der Waals surface area contributed by atoms with E-state index in [1.807, 2.05) is 39.0 Å². The van der Waals surface area contributed by atoms with Gasteiger partial charge in [0.1, 0.15) is 0 Å². The maximum Gasteiger partial charge on any atom is 0.237 e. The van der Waals surface area contributed by atoms with Gasteiger partial charge in [-0.2, -0.15) is 0 Å². The second-order valence-corrected chi connectivity index (χ2v) is 7.93. The van der Waals surface area contributed by atoms with Gasteiger partial charge in [-0.3, -0.25) is 4.79 Å². The molecule has 1 aromatic carbocycles. The highest BCUT2D eigenvalue weighted by molar-refractivity contribution is 8.02. The Bertz CT molecular complexity index is 672. The maximum atomic E-state index is 12.4. The summed E-state index contributed by atoms with van der Waals surface area (Å²) in [5, 5.41) is 15.0. The Balaban J connectivity index is 1.94.